The summed E-state index contributed by atoms with van der Waals surface area (Å²) in [6, 6.07) is 12.0. The van der Waals surface area contributed by atoms with E-state index in [1.807, 2.05) is 30.3 Å². The molecule has 0 aliphatic rings. The van der Waals surface area contributed by atoms with Crippen molar-refractivity contribution in [1.29, 1.82) is 0 Å². The van der Waals surface area contributed by atoms with Crippen molar-refractivity contribution in [3.63, 3.8) is 0 Å². The highest BCUT2D eigenvalue weighted by Crippen LogP contribution is 2.26. The van der Waals surface area contributed by atoms with Gasteiger partial charge in [0.1, 0.15) is 0 Å². The zero-order chi connectivity index (χ0) is 19.1. The van der Waals surface area contributed by atoms with Crippen molar-refractivity contribution in [2.75, 3.05) is 0 Å². The molecule has 0 fully saturated rings. The second kappa shape index (κ2) is 6.82. The molecule has 0 bridgehead atoms. The Balaban J connectivity index is 2.11. The number of hydrogen-bond donors (Lipinski definition) is 1. The van der Waals surface area contributed by atoms with Crippen molar-refractivity contribution >= 4 is 37.0 Å². The Morgan fingerprint density at radius 2 is 1.50 bits per heavy atom. The van der Waals surface area contributed by atoms with Crippen LogP contribution in [-0.4, -0.2) is 17.6 Å². The Kier molecular flexibility index (Phi) is 4.87. The highest BCUT2D eigenvalue weighted by atomic mass is 79.9. The van der Waals surface area contributed by atoms with Crippen molar-refractivity contribution in [3.05, 3.63) is 73.2 Å². The van der Waals surface area contributed by atoms with Gasteiger partial charge in [-0.2, -0.15) is 0 Å². The molecule has 7 nitrogen and oxygen atoms in total. The van der Waals surface area contributed by atoms with Gasteiger partial charge in [0.15, 0.2) is 0 Å². The summed E-state index contributed by atoms with van der Waals surface area (Å²) < 4.78 is 30.6. The highest BCUT2D eigenvalue weighted by molar-refractivity contribution is 9.10. The SMILES string of the molecule is Cn1c(=O)c(=O)n(C)c2cc(S(=O)(=O)NCc3ccccc3)c(Br)cc21. The van der Waals surface area contributed by atoms with Gasteiger partial charge in [0.25, 0.3) is 0 Å². The third kappa shape index (κ3) is 3.25. The number of fused-ring (bicyclic) bond motifs is 1. The second-order valence-corrected chi connectivity index (χ2v) is 8.40. The third-order valence-electron chi connectivity index (χ3n) is 4.14. The standard InChI is InChI=1S/C17H16BrN3O4S/c1-20-13-8-12(18)15(9-14(13)21(2)17(23)16(20)22)26(24,25)19-10-11-6-4-3-5-7-11/h3-9,19H,10H2,1-2H3. The molecule has 0 unspecified atom stereocenters. The van der Waals surface area contributed by atoms with E-state index < -0.39 is 21.1 Å². The molecular formula is C17H16BrN3O4S. The summed E-state index contributed by atoms with van der Waals surface area (Å²) in [4.78, 5) is 23.9. The number of benzene rings is 2. The van der Waals surface area contributed by atoms with Gasteiger partial charge in [0.2, 0.25) is 10.0 Å². The van der Waals surface area contributed by atoms with Crippen LogP contribution in [-0.2, 0) is 30.7 Å². The monoisotopic (exact) mass is 437 g/mol. The van der Waals surface area contributed by atoms with E-state index in [0.29, 0.717) is 15.5 Å². The first-order valence-electron chi connectivity index (χ1n) is 7.65. The maximum Gasteiger partial charge on any atom is 0.316 e. The molecule has 2 aromatic carbocycles. The fraction of sp³-hybridized carbons (Fsp3) is 0.176. The average molecular weight is 438 g/mol. The Bertz CT molecular complexity index is 1210. The van der Waals surface area contributed by atoms with E-state index in [1.54, 1.807) is 0 Å². The smallest absolute Gasteiger partial charge is 0.305 e. The minimum absolute atomic E-state index is 0.00502. The van der Waals surface area contributed by atoms with Crippen LogP contribution in [0.25, 0.3) is 11.0 Å². The van der Waals surface area contributed by atoms with Crippen molar-refractivity contribution in [2.45, 2.75) is 11.4 Å². The van der Waals surface area contributed by atoms with Crippen LogP contribution < -0.4 is 15.8 Å². The summed E-state index contributed by atoms with van der Waals surface area (Å²) >= 11 is 3.26. The van der Waals surface area contributed by atoms with Crippen LogP contribution >= 0.6 is 15.9 Å². The molecule has 26 heavy (non-hydrogen) atoms. The molecule has 136 valence electrons. The molecule has 3 aromatic rings. The zero-order valence-corrected chi connectivity index (χ0v) is 16.5. The molecule has 3 rings (SSSR count). The maximum atomic E-state index is 12.7. The Labute approximate surface area is 158 Å². The number of nitrogens with one attached hydrogen (secondary N) is 1. The number of aromatic nitrogens is 2. The van der Waals surface area contributed by atoms with Crippen molar-refractivity contribution in [3.8, 4) is 0 Å². The lowest BCUT2D eigenvalue weighted by molar-refractivity contribution is 0.581. The number of rotatable bonds is 4. The summed E-state index contributed by atoms with van der Waals surface area (Å²) in [5.41, 5.74) is 0.224. The van der Waals surface area contributed by atoms with Gasteiger partial charge in [0, 0.05) is 25.1 Å². The number of aryl methyl sites for hydroxylation is 2. The molecule has 0 saturated heterocycles. The second-order valence-electron chi connectivity index (χ2n) is 5.81. The molecule has 1 aromatic heterocycles. The number of sulfonamides is 1. The lowest BCUT2D eigenvalue weighted by Gasteiger charge is -2.13. The summed E-state index contributed by atoms with van der Waals surface area (Å²) in [5, 5.41) is 0. The van der Waals surface area contributed by atoms with Gasteiger partial charge in [0.05, 0.1) is 15.9 Å². The molecule has 0 atom stereocenters. The quantitative estimate of drug-likeness (QED) is 0.625. The first-order chi connectivity index (χ1) is 12.2. The molecule has 0 saturated carbocycles. The molecule has 0 spiro atoms. The van der Waals surface area contributed by atoms with E-state index in [9.17, 15) is 18.0 Å². The van der Waals surface area contributed by atoms with E-state index in [2.05, 4.69) is 20.7 Å². The fourth-order valence-corrected chi connectivity index (χ4v) is 4.70. The van der Waals surface area contributed by atoms with Crippen LogP contribution in [0.5, 0.6) is 0 Å². The summed E-state index contributed by atoms with van der Waals surface area (Å²) in [7, 11) is -0.922. The number of nitrogens with zero attached hydrogens (tertiary/aromatic N) is 2. The largest absolute Gasteiger partial charge is 0.316 e. The van der Waals surface area contributed by atoms with E-state index in [1.165, 1.54) is 30.8 Å². The topological polar surface area (TPSA) is 90.2 Å². The Morgan fingerprint density at radius 1 is 0.962 bits per heavy atom. The first-order valence-corrected chi connectivity index (χ1v) is 9.93. The van der Waals surface area contributed by atoms with Gasteiger partial charge in [-0.3, -0.25) is 9.59 Å². The lowest BCUT2D eigenvalue weighted by atomic mass is 10.2. The average Bonchev–Trinajstić information content (AvgIpc) is 2.63. The van der Waals surface area contributed by atoms with Gasteiger partial charge in [-0.1, -0.05) is 30.3 Å². The normalized spacial score (nSPS) is 11.8. The predicted molar refractivity (Wildman–Crippen MR) is 103 cm³/mol. The minimum Gasteiger partial charge on any atom is -0.305 e. The molecule has 0 aliphatic carbocycles. The van der Waals surface area contributed by atoms with E-state index in [-0.39, 0.29) is 11.4 Å². The van der Waals surface area contributed by atoms with Gasteiger partial charge in [-0.15, -0.1) is 0 Å². The van der Waals surface area contributed by atoms with Crippen LogP contribution in [0.15, 0.2) is 61.4 Å². The number of hydrogen-bond acceptors (Lipinski definition) is 4. The molecular weight excluding hydrogens is 422 g/mol. The van der Waals surface area contributed by atoms with Crippen molar-refractivity contribution < 1.29 is 8.42 Å². The van der Waals surface area contributed by atoms with E-state index in [0.717, 1.165) is 10.1 Å². The van der Waals surface area contributed by atoms with Crippen LogP contribution in [0.4, 0.5) is 0 Å². The molecule has 0 aliphatic heterocycles. The Hall–Kier alpha value is -2.23. The predicted octanol–water partition coefficient (Wildman–Crippen LogP) is 1.48. The molecule has 1 N–H and O–H groups in total. The number of halogens is 1. The van der Waals surface area contributed by atoms with Gasteiger partial charge in [-0.05, 0) is 33.6 Å². The zero-order valence-electron chi connectivity index (χ0n) is 14.1. The van der Waals surface area contributed by atoms with Gasteiger partial charge >= 0.3 is 11.1 Å². The molecule has 0 amide bonds. The first kappa shape index (κ1) is 18.6. The third-order valence-corrected chi connectivity index (χ3v) is 6.50. The van der Waals surface area contributed by atoms with Crippen LogP contribution in [0.3, 0.4) is 0 Å². The molecule has 1 heterocycles. The van der Waals surface area contributed by atoms with Crippen molar-refractivity contribution in [1.82, 2.24) is 13.9 Å². The van der Waals surface area contributed by atoms with Gasteiger partial charge < -0.3 is 9.13 Å². The Morgan fingerprint density at radius 3 is 2.08 bits per heavy atom. The molecule has 0 radical (unpaired) electrons. The fourth-order valence-electron chi connectivity index (χ4n) is 2.63. The van der Waals surface area contributed by atoms with Crippen LogP contribution in [0.2, 0.25) is 0 Å². The summed E-state index contributed by atoms with van der Waals surface area (Å²) in [6.45, 7) is 0.139. The summed E-state index contributed by atoms with van der Waals surface area (Å²) in [6.07, 6.45) is 0. The van der Waals surface area contributed by atoms with E-state index in [4.69, 9.17) is 0 Å². The lowest BCUT2D eigenvalue weighted by Crippen LogP contribution is -2.39. The summed E-state index contributed by atoms with van der Waals surface area (Å²) in [5.74, 6) is 0. The highest BCUT2D eigenvalue weighted by Gasteiger charge is 2.20. The van der Waals surface area contributed by atoms with Crippen LogP contribution in [0, 0.1) is 0 Å². The van der Waals surface area contributed by atoms with Crippen molar-refractivity contribution in [2.24, 2.45) is 14.1 Å². The minimum atomic E-state index is -3.83. The molecule has 9 heteroatoms. The van der Waals surface area contributed by atoms with Gasteiger partial charge in [-0.25, -0.2) is 13.1 Å². The van der Waals surface area contributed by atoms with E-state index >= 15 is 0 Å². The van der Waals surface area contributed by atoms with Crippen LogP contribution in [0.1, 0.15) is 5.56 Å². The maximum absolute atomic E-state index is 12.7.